The smallest absolute Gasteiger partial charge is 0.123 e. The van der Waals surface area contributed by atoms with E-state index in [1.165, 1.54) is 5.56 Å². The fourth-order valence-electron chi connectivity index (χ4n) is 2.82. The van der Waals surface area contributed by atoms with Crippen molar-refractivity contribution in [3.63, 3.8) is 0 Å². The molecule has 1 saturated heterocycles. The van der Waals surface area contributed by atoms with Crippen molar-refractivity contribution in [2.45, 2.75) is 31.5 Å². The first-order chi connectivity index (χ1) is 8.58. The summed E-state index contributed by atoms with van der Waals surface area (Å²) in [5.41, 5.74) is 0.730. The molecule has 0 amide bonds. The van der Waals surface area contributed by atoms with Crippen molar-refractivity contribution in [2.75, 3.05) is 19.6 Å². The van der Waals surface area contributed by atoms with E-state index in [0.717, 1.165) is 43.2 Å². The average Bonchev–Trinajstić information content (AvgIpc) is 2.68. The van der Waals surface area contributed by atoms with E-state index in [4.69, 9.17) is 16.3 Å². The van der Waals surface area contributed by atoms with Gasteiger partial charge in [-0.1, -0.05) is 18.5 Å². The van der Waals surface area contributed by atoms with Gasteiger partial charge in [0.15, 0.2) is 0 Å². The number of benzene rings is 1. The largest absolute Gasteiger partial charge is 0.488 e. The number of fused-ring (bicyclic) bond motifs is 1. The van der Waals surface area contributed by atoms with Crippen LogP contribution in [-0.4, -0.2) is 41.3 Å². The van der Waals surface area contributed by atoms with Gasteiger partial charge in [-0.05, 0) is 30.2 Å². The Morgan fingerprint density at radius 2 is 2.28 bits per heavy atom. The number of β-amino-alcohol motifs (C(OH)–C–C–N with tert-alkyl or cyclic N) is 1. The second kappa shape index (κ2) is 4.41. The first-order valence-electron chi connectivity index (χ1n) is 6.48. The summed E-state index contributed by atoms with van der Waals surface area (Å²) in [6.45, 7) is 4.44. The number of ether oxygens (including phenoxy) is 1. The number of rotatable bonds is 3. The van der Waals surface area contributed by atoms with Gasteiger partial charge in [0, 0.05) is 31.1 Å². The summed E-state index contributed by atoms with van der Waals surface area (Å²) in [6.07, 6.45) is 1.93. The second-order valence-electron chi connectivity index (χ2n) is 5.44. The van der Waals surface area contributed by atoms with Gasteiger partial charge in [-0.3, -0.25) is 4.90 Å². The van der Waals surface area contributed by atoms with Crippen molar-refractivity contribution in [1.29, 1.82) is 0 Å². The molecule has 2 aliphatic heterocycles. The standard InChI is InChI=1S/C14H18ClNO2/c1-2-14(17)8-16(9-14)7-12-6-10-5-11(15)3-4-13(10)18-12/h3-5,12,17H,2,6-9H2,1H3. The molecule has 98 valence electrons. The van der Waals surface area contributed by atoms with Gasteiger partial charge in [0.25, 0.3) is 0 Å². The Balaban J connectivity index is 1.56. The third-order valence-corrected chi connectivity index (χ3v) is 4.15. The minimum absolute atomic E-state index is 0.194. The Hall–Kier alpha value is -0.770. The van der Waals surface area contributed by atoms with Crippen LogP contribution in [0.4, 0.5) is 0 Å². The maximum absolute atomic E-state index is 9.97. The van der Waals surface area contributed by atoms with Crippen LogP contribution in [0, 0.1) is 0 Å². The molecule has 0 radical (unpaired) electrons. The number of hydrogen-bond acceptors (Lipinski definition) is 3. The molecule has 1 aromatic carbocycles. The zero-order valence-corrected chi connectivity index (χ0v) is 11.3. The number of hydrogen-bond donors (Lipinski definition) is 1. The van der Waals surface area contributed by atoms with E-state index in [2.05, 4.69) is 4.90 Å². The molecule has 1 aromatic rings. The van der Waals surface area contributed by atoms with Crippen LogP contribution in [-0.2, 0) is 6.42 Å². The molecule has 4 heteroatoms. The van der Waals surface area contributed by atoms with Gasteiger partial charge >= 0.3 is 0 Å². The summed E-state index contributed by atoms with van der Waals surface area (Å²) in [7, 11) is 0. The number of aliphatic hydroxyl groups is 1. The van der Waals surface area contributed by atoms with Crippen LogP contribution in [0.25, 0.3) is 0 Å². The summed E-state index contributed by atoms with van der Waals surface area (Å²) < 4.78 is 5.89. The SMILES string of the molecule is CCC1(O)CN(CC2Cc3cc(Cl)ccc3O2)C1. The predicted molar refractivity (Wildman–Crippen MR) is 71.3 cm³/mol. The van der Waals surface area contributed by atoms with Crippen molar-refractivity contribution in [3.8, 4) is 5.75 Å². The highest BCUT2D eigenvalue weighted by Gasteiger charge is 2.40. The molecule has 0 aromatic heterocycles. The maximum atomic E-state index is 9.97. The molecule has 0 spiro atoms. The molecule has 1 atom stereocenters. The fraction of sp³-hybridized carbons (Fsp3) is 0.571. The lowest BCUT2D eigenvalue weighted by Crippen LogP contribution is -2.62. The van der Waals surface area contributed by atoms with Crippen LogP contribution in [0.5, 0.6) is 5.75 Å². The lowest BCUT2D eigenvalue weighted by Gasteiger charge is -2.46. The molecule has 0 aliphatic carbocycles. The average molecular weight is 268 g/mol. The zero-order valence-electron chi connectivity index (χ0n) is 10.5. The quantitative estimate of drug-likeness (QED) is 0.910. The molecular formula is C14H18ClNO2. The first kappa shape index (κ1) is 12.3. The van der Waals surface area contributed by atoms with E-state index in [1.807, 2.05) is 25.1 Å². The molecule has 3 nitrogen and oxygen atoms in total. The van der Waals surface area contributed by atoms with E-state index in [9.17, 15) is 5.11 Å². The minimum atomic E-state index is -0.464. The molecule has 0 bridgehead atoms. The van der Waals surface area contributed by atoms with Gasteiger partial charge in [0.2, 0.25) is 0 Å². The van der Waals surface area contributed by atoms with E-state index < -0.39 is 5.60 Å². The van der Waals surface area contributed by atoms with Crippen LogP contribution < -0.4 is 4.74 Å². The molecular weight excluding hydrogens is 250 g/mol. The fourth-order valence-corrected chi connectivity index (χ4v) is 3.01. The molecule has 2 aliphatic rings. The van der Waals surface area contributed by atoms with Crippen molar-refractivity contribution < 1.29 is 9.84 Å². The number of likely N-dealkylation sites (tertiary alicyclic amines) is 1. The van der Waals surface area contributed by atoms with E-state index in [0.29, 0.717) is 0 Å². The Morgan fingerprint density at radius 3 is 3.00 bits per heavy atom. The molecule has 1 N–H and O–H groups in total. The van der Waals surface area contributed by atoms with Gasteiger partial charge in [-0.25, -0.2) is 0 Å². The van der Waals surface area contributed by atoms with Gasteiger partial charge in [-0.2, -0.15) is 0 Å². The zero-order chi connectivity index (χ0) is 12.8. The first-order valence-corrected chi connectivity index (χ1v) is 6.85. The van der Waals surface area contributed by atoms with Gasteiger partial charge in [-0.15, -0.1) is 0 Å². The summed E-state index contributed by atoms with van der Waals surface area (Å²) >= 11 is 5.97. The van der Waals surface area contributed by atoms with E-state index in [-0.39, 0.29) is 6.10 Å². The Bertz CT molecular complexity index is 457. The third-order valence-electron chi connectivity index (χ3n) is 3.92. The maximum Gasteiger partial charge on any atom is 0.123 e. The molecule has 0 saturated carbocycles. The molecule has 18 heavy (non-hydrogen) atoms. The van der Waals surface area contributed by atoms with E-state index in [1.54, 1.807) is 0 Å². The molecule has 1 fully saturated rings. The van der Waals surface area contributed by atoms with Crippen LogP contribution in [0.3, 0.4) is 0 Å². The lowest BCUT2D eigenvalue weighted by atomic mass is 9.91. The summed E-state index contributed by atoms with van der Waals surface area (Å²) in [4.78, 5) is 2.25. The van der Waals surface area contributed by atoms with Gasteiger partial charge < -0.3 is 9.84 Å². The van der Waals surface area contributed by atoms with Crippen molar-refractivity contribution >= 4 is 11.6 Å². The third kappa shape index (κ3) is 2.22. The molecule has 2 heterocycles. The second-order valence-corrected chi connectivity index (χ2v) is 5.88. The highest BCUT2D eigenvalue weighted by molar-refractivity contribution is 6.30. The van der Waals surface area contributed by atoms with Crippen molar-refractivity contribution in [3.05, 3.63) is 28.8 Å². The van der Waals surface area contributed by atoms with Crippen LogP contribution >= 0.6 is 11.6 Å². The van der Waals surface area contributed by atoms with Crippen LogP contribution in [0.15, 0.2) is 18.2 Å². The van der Waals surface area contributed by atoms with Crippen LogP contribution in [0.2, 0.25) is 5.02 Å². The topological polar surface area (TPSA) is 32.7 Å². The molecule has 1 unspecified atom stereocenters. The minimum Gasteiger partial charge on any atom is -0.488 e. The Labute approximate surface area is 112 Å². The van der Waals surface area contributed by atoms with Crippen molar-refractivity contribution in [1.82, 2.24) is 4.90 Å². The number of nitrogens with zero attached hydrogens (tertiary/aromatic N) is 1. The van der Waals surface area contributed by atoms with Gasteiger partial charge in [0.1, 0.15) is 11.9 Å². The molecule has 3 rings (SSSR count). The van der Waals surface area contributed by atoms with Crippen molar-refractivity contribution in [2.24, 2.45) is 0 Å². The summed E-state index contributed by atoms with van der Waals surface area (Å²) in [6, 6.07) is 5.79. The van der Waals surface area contributed by atoms with Crippen LogP contribution in [0.1, 0.15) is 18.9 Å². The Kier molecular flexibility index (Phi) is 3.00. The van der Waals surface area contributed by atoms with E-state index >= 15 is 0 Å². The monoisotopic (exact) mass is 267 g/mol. The summed E-state index contributed by atoms with van der Waals surface area (Å²) in [5.74, 6) is 0.954. The summed E-state index contributed by atoms with van der Waals surface area (Å²) in [5, 5.41) is 10.7. The highest BCUT2D eigenvalue weighted by atomic mass is 35.5. The van der Waals surface area contributed by atoms with Gasteiger partial charge in [0.05, 0.1) is 5.60 Å². The number of halogens is 1. The highest BCUT2D eigenvalue weighted by Crippen LogP contribution is 2.32. The lowest BCUT2D eigenvalue weighted by molar-refractivity contribution is -0.107. The Morgan fingerprint density at radius 1 is 1.50 bits per heavy atom. The predicted octanol–water partition coefficient (Wildman–Crippen LogP) is 2.10. The normalized spacial score (nSPS) is 25.4.